The molecule has 1 N–H and O–H groups in total. The number of alkyl halides is 3. The van der Waals surface area contributed by atoms with Gasteiger partial charge in [-0.15, -0.1) is 20.4 Å². The van der Waals surface area contributed by atoms with Crippen molar-refractivity contribution in [3.05, 3.63) is 212 Å². The fourth-order valence-electron chi connectivity index (χ4n) is 7.67. The zero-order valence-electron chi connectivity index (χ0n) is 37.7. The van der Waals surface area contributed by atoms with E-state index in [1.54, 1.807) is 48.3 Å². The number of halogens is 7. The fourth-order valence-corrected chi connectivity index (χ4v) is 8.38. The number of nitrogens with zero attached hydrogens (tertiary/aromatic N) is 9. The van der Waals surface area contributed by atoms with Crippen LogP contribution in [-0.2, 0) is 19.1 Å². The Hall–Kier alpha value is -7.69. The minimum absolute atomic E-state index is 0.127. The third-order valence-corrected chi connectivity index (χ3v) is 12.5. The van der Waals surface area contributed by atoms with Gasteiger partial charge in [0, 0.05) is 52.4 Å². The molecule has 72 heavy (non-hydrogen) atoms. The van der Waals surface area contributed by atoms with Crippen LogP contribution < -0.4 is 5.32 Å². The molecule has 4 aromatic heterocycles. The van der Waals surface area contributed by atoms with Gasteiger partial charge < -0.3 is 10.2 Å². The standard InChI is InChI=1S/C27H21Cl2N5O.C26H16Cl2F3N5O/c1-33(16-15-18-7-3-2-4-8-18)27(35)26-31-30-24-17-22(19-11-13-20(28)14-12-19)25(32-34(24)26)21-9-5-6-10-23(21)29;27-18-10-8-16(9-11-18)20-13-22-33-34-24(36(22)35-23(20)19-6-1-2-7-21(19)28)25(37)32-14-15-4-3-5-17(12-15)26(29,30)31/h2-14,17H,15-16H2,1H3;1-13H,14H2,(H,32,37). The van der Waals surface area contributed by atoms with E-state index in [2.05, 4.69) is 30.8 Å². The molecule has 10 rings (SSSR count). The Kier molecular flexibility index (Phi) is 14.6. The number of likely N-dealkylation sites (N-methyl/N-ethyl adjacent to an activating group) is 1. The third kappa shape index (κ3) is 10.9. The number of carbonyl (C=O) groups excluding carboxylic acids is 2. The minimum atomic E-state index is -4.48. The Morgan fingerprint density at radius 2 is 1.04 bits per heavy atom. The molecule has 0 unspecified atom stereocenters. The number of fused-ring (bicyclic) bond motifs is 2. The number of nitrogens with one attached hydrogen (secondary N) is 1. The third-order valence-electron chi connectivity index (χ3n) is 11.4. The normalized spacial score (nSPS) is 11.3. The first-order valence-corrected chi connectivity index (χ1v) is 23.5. The molecule has 0 saturated carbocycles. The lowest BCUT2D eigenvalue weighted by molar-refractivity contribution is -0.137. The van der Waals surface area contributed by atoms with Crippen LogP contribution in [0.1, 0.15) is 37.9 Å². The Balaban J connectivity index is 0.000000178. The summed E-state index contributed by atoms with van der Waals surface area (Å²) in [5.74, 6) is -0.892. The highest BCUT2D eigenvalue weighted by molar-refractivity contribution is 6.34. The first-order chi connectivity index (χ1) is 34.7. The van der Waals surface area contributed by atoms with E-state index < -0.39 is 17.6 Å². The van der Waals surface area contributed by atoms with Gasteiger partial charge in [0.05, 0.1) is 15.6 Å². The second-order valence-corrected chi connectivity index (χ2v) is 17.9. The molecule has 0 fully saturated rings. The van der Waals surface area contributed by atoms with Crippen molar-refractivity contribution in [2.45, 2.75) is 19.1 Å². The van der Waals surface area contributed by atoms with Gasteiger partial charge in [-0.25, -0.2) is 0 Å². The molecule has 12 nitrogen and oxygen atoms in total. The largest absolute Gasteiger partial charge is 0.416 e. The Labute approximate surface area is 429 Å². The molecule has 0 atom stereocenters. The number of hydrogen-bond acceptors (Lipinski definition) is 8. The highest BCUT2D eigenvalue weighted by Gasteiger charge is 2.30. The molecule has 0 spiro atoms. The zero-order chi connectivity index (χ0) is 50.5. The maximum Gasteiger partial charge on any atom is 0.416 e. The molecule has 0 aliphatic rings. The van der Waals surface area contributed by atoms with E-state index in [4.69, 9.17) is 51.5 Å². The van der Waals surface area contributed by atoms with Crippen LogP contribution in [0.4, 0.5) is 13.2 Å². The molecule has 0 aliphatic heterocycles. The summed E-state index contributed by atoms with van der Waals surface area (Å²) >= 11 is 25.2. The van der Waals surface area contributed by atoms with Crippen molar-refractivity contribution in [2.75, 3.05) is 13.6 Å². The van der Waals surface area contributed by atoms with Crippen molar-refractivity contribution in [2.24, 2.45) is 0 Å². The van der Waals surface area contributed by atoms with Crippen molar-refractivity contribution in [1.82, 2.24) is 49.8 Å². The molecule has 0 radical (unpaired) electrons. The highest BCUT2D eigenvalue weighted by Crippen LogP contribution is 2.37. The quantitative estimate of drug-likeness (QED) is 0.135. The molecule has 0 bridgehead atoms. The molecule has 0 aliphatic carbocycles. The maximum atomic E-state index is 13.3. The van der Waals surface area contributed by atoms with Crippen molar-refractivity contribution in [1.29, 1.82) is 0 Å². The van der Waals surface area contributed by atoms with Crippen LogP contribution in [0, 0.1) is 0 Å². The molecule has 19 heteroatoms. The monoisotopic (exact) mass is 1040 g/mol. The SMILES string of the molecule is CN(CCc1ccccc1)C(=O)c1nnc2cc(-c3ccc(Cl)cc3)c(-c3ccccc3Cl)nn12.O=C(NCc1cccc(C(F)(F)F)c1)c1nnc2cc(-c3ccc(Cl)cc3)c(-c3ccccc3Cl)nn12. The molecule has 4 heterocycles. The van der Waals surface area contributed by atoms with Crippen LogP contribution in [0.3, 0.4) is 0 Å². The van der Waals surface area contributed by atoms with Crippen LogP contribution in [0.15, 0.2) is 164 Å². The van der Waals surface area contributed by atoms with E-state index in [0.29, 0.717) is 60.4 Å². The zero-order valence-corrected chi connectivity index (χ0v) is 40.7. The van der Waals surface area contributed by atoms with E-state index in [1.807, 2.05) is 103 Å². The Morgan fingerprint density at radius 1 is 0.556 bits per heavy atom. The number of aromatic nitrogens is 8. The van der Waals surface area contributed by atoms with Crippen molar-refractivity contribution in [3.8, 4) is 44.8 Å². The van der Waals surface area contributed by atoms with Crippen LogP contribution in [0.2, 0.25) is 20.1 Å². The Morgan fingerprint density at radius 3 is 1.57 bits per heavy atom. The summed E-state index contributed by atoms with van der Waals surface area (Å²) in [6, 6.07) is 47.5. The number of amides is 2. The first-order valence-electron chi connectivity index (χ1n) is 22.0. The van der Waals surface area contributed by atoms with Crippen LogP contribution in [0.25, 0.3) is 56.1 Å². The van der Waals surface area contributed by atoms with Gasteiger partial charge in [0.15, 0.2) is 11.3 Å². The van der Waals surface area contributed by atoms with Crippen LogP contribution in [-0.4, -0.2) is 69.9 Å². The second kappa shape index (κ2) is 21.3. The first kappa shape index (κ1) is 49.3. The summed E-state index contributed by atoms with van der Waals surface area (Å²) in [5.41, 5.74) is 7.07. The van der Waals surface area contributed by atoms with Gasteiger partial charge in [0.2, 0.25) is 11.6 Å². The summed E-state index contributed by atoms with van der Waals surface area (Å²) in [6.45, 7) is 0.399. The highest BCUT2D eigenvalue weighted by atomic mass is 35.5. The van der Waals surface area contributed by atoms with Crippen LogP contribution >= 0.6 is 46.4 Å². The van der Waals surface area contributed by atoms with Crippen molar-refractivity contribution >= 4 is 69.5 Å². The van der Waals surface area contributed by atoms with Crippen molar-refractivity contribution < 1.29 is 22.8 Å². The number of rotatable bonds is 11. The number of benzene rings is 6. The van der Waals surface area contributed by atoms with Gasteiger partial charge >= 0.3 is 6.18 Å². The van der Waals surface area contributed by atoms with Gasteiger partial charge in [-0.1, -0.05) is 150 Å². The summed E-state index contributed by atoms with van der Waals surface area (Å²) in [7, 11) is 1.75. The van der Waals surface area contributed by atoms with E-state index in [-0.39, 0.29) is 29.7 Å². The number of carbonyl (C=O) groups is 2. The molecular weight excluding hydrogens is 1010 g/mol. The lowest BCUT2D eigenvalue weighted by Gasteiger charge is -2.16. The predicted octanol–water partition coefficient (Wildman–Crippen LogP) is 12.8. The summed E-state index contributed by atoms with van der Waals surface area (Å²) in [5, 5.41) is 30.7. The number of hydrogen-bond donors (Lipinski definition) is 1. The minimum Gasteiger partial charge on any atom is -0.345 e. The van der Waals surface area contributed by atoms with Crippen molar-refractivity contribution in [3.63, 3.8) is 0 Å². The van der Waals surface area contributed by atoms with E-state index in [0.717, 1.165) is 46.4 Å². The molecule has 0 saturated heterocycles. The average molecular weight is 1040 g/mol. The topological polar surface area (TPSA) is 136 Å². The second-order valence-electron chi connectivity index (χ2n) is 16.2. The van der Waals surface area contributed by atoms with Gasteiger partial charge in [-0.05, 0) is 89.3 Å². The molecule has 10 aromatic rings. The van der Waals surface area contributed by atoms with Gasteiger partial charge in [0.25, 0.3) is 11.8 Å². The molecule has 6 aromatic carbocycles. The van der Waals surface area contributed by atoms with Gasteiger partial charge in [-0.3, -0.25) is 9.59 Å². The Bertz CT molecular complexity index is 3590. The molecular formula is C53H37Cl4F3N10O2. The summed E-state index contributed by atoms with van der Waals surface area (Å²) < 4.78 is 41.8. The van der Waals surface area contributed by atoms with E-state index >= 15 is 0 Å². The predicted molar refractivity (Wildman–Crippen MR) is 273 cm³/mol. The summed E-state index contributed by atoms with van der Waals surface area (Å²) in [6.07, 6.45) is -3.75. The lowest BCUT2D eigenvalue weighted by Crippen LogP contribution is -2.30. The lowest BCUT2D eigenvalue weighted by atomic mass is 10.00. The fraction of sp³-hybridized carbons (Fsp3) is 0.0943. The molecule has 2 amide bonds. The van der Waals surface area contributed by atoms with E-state index in [1.165, 1.54) is 21.2 Å². The van der Waals surface area contributed by atoms with Gasteiger partial charge in [0.1, 0.15) is 11.4 Å². The smallest absolute Gasteiger partial charge is 0.345 e. The van der Waals surface area contributed by atoms with Gasteiger partial charge in [-0.2, -0.15) is 32.4 Å². The summed E-state index contributed by atoms with van der Waals surface area (Å²) in [4.78, 5) is 27.8. The van der Waals surface area contributed by atoms with Crippen LogP contribution in [0.5, 0.6) is 0 Å². The molecule has 360 valence electrons. The van der Waals surface area contributed by atoms with E-state index in [9.17, 15) is 22.8 Å². The average Bonchev–Trinajstić information content (AvgIpc) is 4.01. The maximum absolute atomic E-state index is 13.3.